The molecule has 0 saturated heterocycles. The van der Waals surface area contributed by atoms with Gasteiger partial charge in [-0.25, -0.2) is 0 Å². The smallest absolute Gasteiger partial charge is 0.272 e. The number of nitrogens with one attached hydrogen (secondary N) is 4. The van der Waals surface area contributed by atoms with Crippen LogP contribution in [-0.4, -0.2) is 37.4 Å². The molecule has 2 amide bonds. The highest BCUT2D eigenvalue weighted by Gasteiger charge is 2.17. The Morgan fingerprint density at radius 3 is 2.74 bits per heavy atom. The summed E-state index contributed by atoms with van der Waals surface area (Å²) in [4.78, 5) is 29.2. The summed E-state index contributed by atoms with van der Waals surface area (Å²) in [6, 6.07) is 22.0. The number of nitrogens with zero attached hydrogens (tertiary/aromatic N) is 4. The van der Waals surface area contributed by atoms with Gasteiger partial charge in [0, 0.05) is 15.6 Å². The predicted molar refractivity (Wildman–Crippen MR) is 145 cm³/mol. The van der Waals surface area contributed by atoms with Crippen LogP contribution < -0.4 is 10.6 Å². The zero-order valence-corrected chi connectivity index (χ0v) is 20.5. The minimum Gasteiger partial charge on any atom is -0.349 e. The fraction of sp³-hybridized carbons (Fsp3) is 0.0370. The molecule has 4 N–H and O–H groups in total. The second kappa shape index (κ2) is 9.61. The number of hydrogen-bond acceptors (Lipinski definition) is 7. The zero-order chi connectivity index (χ0) is 26.1. The number of aromatic nitrogens is 5. The van der Waals surface area contributed by atoms with Crippen LogP contribution in [0.3, 0.4) is 0 Å². The van der Waals surface area contributed by atoms with Gasteiger partial charge in [-0.2, -0.15) is 10.5 Å². The van der Waals surface area contributed by atoms with E-state index in [0.717, 1.165) is 21.0 Å². The first kappa shape index (κ1) is 23.1. The van der Waals surface area contributed by atoms with E-state index in [9.17, 15) is 14.9 Å². The molecule has 38 heavy (non-hydrogen) atoms. The molecule has 0 aliphatic heterocycles. The Morgan fingerprint density at radius 2 is 1.89 bits per heavy atom. The monoisotopic (exact) mass is 518 g/mol. The van der Waals surface area contributed by atoms with E-state index < -0.39 is 5.91 Å². The van der Waals surface area contributed by atoms with Crippen molar-refractivity contribution in [1.82, 2.24) is 25.6 Å². The first-order valence-corrected chi connectivity index (χ1v) is 12.4. The van der Waals surface area contributed by atoms with E-state index in [0.29, 0.717) is 33.7 Å². The van der Waals surface area contributed by atoms with Crippen molar-refractivity contribution in [1.29, 1.82) is 5.26 Å². The molecule has 0 unspecified atom stereocenters. The van der Waals surface area contributed by atoms with Gasteiger partial charge in [0.05, 0.1) is 34.9 Å². The number of amides is 2. The molecule has 0 aliphatic carbocycles. The molecule has 0 saturated carbocycles. The highest BCUT2D eigenvalue weighted by Crippen LogP contribution is 2.29. The van der Waals surface area contributed by atoms with Crippen LogP contribution >= 0.6 is 11.3 Å². The highest BCUT2D eigenvalue weighted by molar-refractivity contribution is 7.17. The van der Waals surface area contributed by atoms with E-state index in [1.165, 1.54) is 0 Å². The Kier molecular flexibility index (Phi) is 5.84. The molecule has 0 fully saturated rings. The Hall–Kier alpha value is -5.34. The third-order valence-electron chi connectivity index (χ3n) is 6.07. The molecule has 6 rings (SSSR count). The van der Waals surface area contributed by atoms with E-state index in [-0.39, 0.29) is 18.2 Å². The molecule has 10 nitrogen and oxygen atoms in total. The molecule has 0 bridgehead atoms. The SMILES string of the molecule is N#Cc1ccc(NC(=O)c2cc3cccc(NC(=O)Cc4csc5ccccc45)c3[nH]2)c(-c2nn[nH]n2)c1. The van der Waals surface area contributed by atoms with Gasteiger partial charge < -0.3 is 15.6 Å². The lowest BCUT2D eigenvalue weighted by molar-refractivity contribution is -0.115. The van der Waals surface area contributed by atoms with Gasteiger partial charge in [0.15, 0.2) is 0 Å². The van der Waals surface area contributed by atoms with Crippen LogP contribution in [0, 0.1) is 11.3 Å². The molecule has 3 aromatic carbocycles. The van der Waals surface area contributed by atoms with E-state index in [2.05, 4.69) is 42.3 Å². The summed E-state index contributed by atoms with van der Waals surface area (Å²) < 4.78 is 1.14. The van der Waals surface area contributed by atoms with Crippen LogP contribution in [0.2, 0.25) is 0 Å². The van der Waals surface area contributed by atoms with Gasteiger partial charge in [-0.15, -0.1) is 21.5 Å². The number of para-hydroxylation sites is 1. The normalized spacial score (nSPS) is 10.9. The summed E-state index contributed by atoms with van der Waals surface area (Å²) >= 11 is 1.61. The van der Waals surface area contributed by atoms with Crippen molar-refractivity contribution in [3.8, 4) is 17.5 Å². The molecule has 11 heteroatoms. The lowest BCUT2D eigenvalue weighted by Crippen LogP contribution is -2.15. The Balaban J connectivity index is 1.24. The summed E-state index contributed by atoms with van der Waals surface area (Å²) in [6.07, 6.45) is 0.242. The minimum absolute atomic E-state index is 0.149. The van der Waals surface area contributed by atoms with Crippen LogP contribution in [0.5, 0.6) is 0 Å². The quantitative estimate of drug-likeness (QED) is 0.247. The number of rotatable bonds is 6. The molecule has 0 radical (unpaired) electrons. The number of carbonyl (C=O) groups is 2. The molecule has 184 valence electrons. The van der Waals surface area contributed by atoms with Crippen molar-refractivity contribution in [2.75, 3.05) is 10.6 Å². The summed E-state index contributed by atoms with van der Waals surface area (Å²) in [5.41, 5.74) is 3.76. The highest BCUT2D eigenvalue weighted by atomic mass is 32.1. The average molecular weight is 519 g/mol. The van der Waals surface area contributed by atoms with Gasteiger partial charge in [-0.05, 0) is 57.9 Å². The number of fused-ring (bicyclic) bond motifs is 2. The fourth-order valence-electron chi connectivity index (χ4n) is 4.29. The first-order chi connectivity index (χ1) is 18.6. The number of anilines is 2. The molecule has 3 aromatic heterocycles. The van der Waals surface area contributed by atoms with Crippen LogP contribution in [0.4, 0.5) is 11.4 Å². The molecule has 0 spiro atoms. The number of tetrazole rings is 1. The van der Waals surface area contributed by atoms with Crippen molar-refractivity contribution < 1.29 is 9.59 Å². The van der Waals surface area contributed by atoms with E-state index in [4.69, 9.17) is 0 Å². The average Bonchev–Trinajstić information content (AvgIpc) is 3.70. The van der Waals surface area contributed by atoms with Crippen LogP contribution in [0.1, 0.15) is 21.6 Å². The fourth-order valence-corrected chi connectivity index (χ4v) is 5.26. The second-order valence-corrected chi connectivity index (χ2v) is 9.41. The number of nitriles is 1. The summed E-state index contributed by atoms with van der Waals surface area (Å²) in [6.45, 7) is 0. The van der Waals surface area contributed by atoms with Gasteiger partial charge >= 0.3 is 0 Å². The van der Waals surface area contributed by atoms with Crippen molar-refractivity contribution in [3.05, 3.63) is 88.9 Å². The largest absolute Gasteiger partial charge is 0.349 e. The molecular formula is C27H18N8O2S. The maximum absolute atomic E-state index is 13.2. The second-order valence-electron chi connectivity index (χ2n) is 8.50. The van der Waals surface area contributed by atoms with Crippen molar-refractivity contribution >= 4 is 55.5 Å². The Morgan fingerprint density at radius 1 is 1.00 bits per heavy atom. The van der Waals surface area contributed by atoms with Crippen molar-refractivity contribution in [2.45, 2.75) is 6.42 Å². The number of hydrogen-bond donors (Lipinski definition) is 4. The first-order valence-electron chi connectivity index (χ1n) is 11.5. The third-order valence-corrected chi connectivity index (χ3v) is 7.08. The topological polar surface area (TPSA) is 152 Å². The van der Waals surface area contributed by atoms with Crippen molar-refractivity contribution in [3.63, 3.8) is 0 Å². The van der Waals surface area contributed by atoms with Gasteiger partial charge in [-0.1, -0.05) is 30.3 Å². The van der Waals surface area contributed by atoms with Gasteiger partial charge in [0.2, 0.25) is 11.7 Å². The zero-order valence-electron chi connectivity index (χ0n) is 19.6. The number of thiophene rings is 1. The minimum atomic E-state index is -0.405. The van der Waals surface area contributed by atoms with E-state index in [1.54, 1.807) is 41.7 Å². The van der Waals surface area contributed by atoms with Crippen LogP contribution in [-0.2, 0) is 11.2 Å². The van der Waals surface area contributed by atoms with Crippen molar-refractivity contribution in [2.24, 2.45) is 0 Å². The molecule has 0 aliphatic rings. The van der Waals surface area contributed by atoms with Gasteiger partial charge in [-0.3, -0.25) is 9.59 Å². The molecular weight excluding hydrogens is 500 g/mol. The predicted octanol–water partition coefficient (Wildman–Crippen LogP) is 4.87. The number of carbonyl (C=O) groups excluding carboxylic acids is 2. The molecule has 3 heterocycles. The number of benzene rings is 3. The Labute approximate surface area is 219 Å². The van der Waals surface area contributed by atoms with E-state index >= 15 is 0 Å². The van der Waals surface area contributed by atoms with Crippen LogP contribution in [0.15, 0.2) is 72.1 Å². The standard InChI is InChI=1S/C27H18N8O2S/c28-13-15-8-9-20(19(10-15)26-32-34-35-33-26)31-27(37)22-11-16-4-3-6-21(25(16)30-22)29-24(36)12-17-14-38-23-7-2-1-5-18(17)23/h1-11,14,30H,12H2,(H,29,36)(H,31,37)(H,32,33,34,35). The van der Waals surface area contributed by atoms with E-state index in [1.807, 2.05) is 41.8 Å². The van der Waals surface area contributed by atoms with Gasteiger partial charge in [0.1, 0.15) is 5.69 Å². The Bertz CT molecular complexity index is 1860. The summed E-state index contributed by atoms with van der Waals surface area (Å²) in [5.74, 6) is -0.306. The number of aromatic amines is 2. The third kappa shape index (κ3) is 4.36. The lowest BCUT2D eigenvalue weighted by Gasteiger charge is -2.08. The van der Waals surface area contributed by atoms with Gasteiger partial charge in [0.25, 0.3) is 5.91 Å². The maximum Gasteiger partial charge on any atom is 0.272 e. The summed E-state index contributed by atoms with van der Waals surface area (Å²) in [7, 11) is 0. The summed E-state index contributed by atoms with van der Waals surface area (Å²) in [5, 5.41) is 32.8. The number of H-pyrrole nitrogens is 2. The lowest BCUT2D eigenvalue weighted by atomic mass is 10.1. The van der Waals surface area contributed by atoms with Crippen LogP contribution in [0.25, 0.3) is 32.4 Å². The molecule has 6 aromatic rings. The maximum atomic E-state index is 13.2. The molecule has 0 atom stereocenters.